The molecule has 2 heterocycles. The molecule has 2 aliphatic heterocycles. The number of rotatable bonds is 1. The zero-order valence-corrected chi connectivity index (χ0v) is 10.9. The van der Waals surface area contributed by atoms with Gasteiger partial charge in [0.15, 0.2) is 6.61 Å². The van der Waals surface area contributed by atoms with Gasteiger partial charge in [-0.3, -0.25) is 4.79 Å². The highest BCUT2D eigenvalue weighted by molar-refractivity contribution is 6.62. The van der Waals surface area contributed by atoms with Gasteiger partial charge in [0.1, 0.15) is 11.4 Å². The molecule has 1 aromatic carbocycles. The summed E-state index contributed by atoms with van der Waals surface area (Å²) in [5, 5.41) is 2.76. The van der Waals surface area contributed by atoms with E-state index in [9.17, 15) is 4.79 Å². The summed E-state index contributed by atoms with van der Waals surface area (Å²) in [4.78, 5) is 11.3. The van der Waals surface area contributed by atoms with E-state index >= 15 is 0 Å². The Morgan fingerprint density at radius 3 is 2.89 bits per heavy atom. The van der Waals surface area contributed by atoms with Gasteiger partial charge in [0.05, 0.1) is 11.4 Å². The molecule has 6 heteroatoms. The molecule has 0 radical (unpaired) electrons. The van der Waals surface area contributed by atoms with E-state index in [0.29, 0.717) is 17.2 Å². The molecule has 98 valence electrons. The van der Waals surface area contributed by atoms with Crippen molar-refractivity contribution in [1.29, 1.82) is 0 Å². The molecule has 0 spiro atoms. The van der Waals surface area contributed by atoms with Crippen molar-refractivity contribution in [2.45, 2.75) is 19.4 Å². The zero-order chi connectivity index (χ0) is 13.6. The Hall–Kier alpha value is -1.95. The van der Waals surface area contributed by atoms with Crippen LogP contribution in [0.15, 0.2) is 30.5 Å². The number of ether oxygens (including phenoxy) is 1. The maximum atomic E-state index is 11.3. The number of carbonyl (C=O) groups excluding carboxylic acids is 1. The predicted molar refractivity (Wildman–Crippen MR) is 71.3 cm³/mol. The number of fused-ring (bicyclic) bond motifs is 1. The average Bonchev–Trinajstić information content (AvgIpc) is 2.63. The van der Waals surface area contributed by atoms with Gasteiger partial charge in [0, 0.05) is 0 Å². The highest BCUT2D eigenvalue weighted by Gasteiger charge is 2.43. The van der Waals surface area contributed by atoms with E-state index in [1.54, 1.807) is 12.1 Å². The van der Waals surface area contributed by atoms with Crippen molar-refractivity contribution in [3.8, 4) is 5.75 Å². The number of carbonyl (C=O) groups is 1. The lowest BCUT2D eigenvalue weighted by Crippen LogP contribution is -2.35. The predicted octanol–water partition coefficient (Wildman–Crippen LogP) is 1.05. The lowest BCUT2D eigenvalue weighted by molar-refractivity contribution is -0.118. The van der Waals surface area contributed by atoms with Gasteiger partial charge in [-0.15, -0.1) is 0 Å². The third-order valence-corrected chi connectivity index (χ3v) is 3.23. The molecule has 1 N–H and O–H groups in total. The molecule has 1 saturated heterocycles. The van der Waals surface area contributed by atoms with Crippen LogP contribution in [0.4, 0.5) is 5.69 Å². The minimum atomic E-state index is -0.514. The zero-order valence-electron chi connectivity index (χ0n) is 10.9. The van der Waals surface area contributed by atoms with Gasteiger partial charge in [0.25, 0.3) is 5.91 Å². The normalized spacial score (nSPS) is 20.4. The number of anilines is 1. The van der Waals surface area contributed by atoms with Crippen molar-refractivity contribution in [3.05, 3.63) is 30.5 Å². The Kier molecular flexibility index (Phi) is 2.57. The quantitative estimate of drug-likeness (QED) is 0.766. The van der Waals surface area contributed by atoms with Crippen molar-refractivity contribution in [2.75, 3.05) is 11.9 Å². The Balaban J connectivity index is 1.89. The first-order valence-electron chi connectivity index (χ1n) is 6.06. The standard InChI is InChI=1S/C13H14BNO4/c1-8-13(2,3)19-14(18-8)9-4-5-11-10(6-9)15-12(16)7-17-11/h4-6H,1,7H2,2-3H3,(H,15,16). The summed E-state index contributed by atoms with van der Waals surface area (Å²) in [6.07, 6.45) is 0. The van der Waals surface area contributed by atoms with Crippen LogP contribution in [0.2, 0.25) is 0 Å². The third-order valence-electron chi connectivity index (χ3n) is 3.23. The molecular formula is C13H14BNO4. The fraction of sp³-hybridized carbons (Fsp3) is 0.308. The first-order chi connectivity index (χ1) is 8.95. The van der Waals surface area contributed by atoms with Crippen molar-refractivity contribution >= 4 is 24.2 Å². The highest BCUT2D eigenvalue weighted by atomic mass is 16.7. The van der Waals surface area contributed by atoms with Gasteiger partial charge >= 0.3 is 7.12 Å². The SMILES string of the molecule is C=C1OB(c2ccc3c(c2)NC(=O)CO3)OC1(C)C. The molecule has 0 saturated carbocycles. The Bertz CT molecular complexity index is 570. The van der Waals surface area contributed by atoms with Crippen LogP contribution >= 0.6 is 0 Å². The fourth-order valence-electron chi connectivity index (χ4n) is 2.01. The largest absolute Gasteiger partial charge is 0.563 e. The molecular weight excluding hydrogens is 245 g/mol. The number of amides is 1. The second-order valence-electron chi connectivity index (χ2n) is 5.09. The Morgan fingerprint density at radius 2 is 2.21 bits per heavy atom. The van der Waals surface area contributed by atoms with Crippen LogP contribution in [0.25, 0.3) is 0 Å². The minimum Gasteiger partial charge on any atom is -0.534 e. The van der Waals surface area contributed by atoms with E-state index in [4.69, 9.17) is 14.0 Å². The molecule has 0 bridgehead atoms. The number of hydrogen-bond donors (Lipinski definition) is 1. The second kappa shape index (κ2) is 4.03. The number of nitrogens with one attached hydrogen (secondary N) is 1. The van der Waals surface area contributed by atoms with E-state index in [-0.39, 0.29) is 12.5 Å². The molecule has 0 unspecified atom stereocenters. The van der Waals surface area contributed by atoms with Crippen molar-refractivity contribution in [2.24, 2.45) is 0 Å². The van der Waals surface area contributed by atoms with Crippen LogP contribution in [0.1, 0.15) is 13.8 Å². The fourth-order valence-corrected chi connectivity index (χ4v) is 2.01. The molecule has 5 nitrogen and oxygen atoms in total. The van der Waals surface area contributed by atoms with Crippen molar-refractivity contribution < 1.29 is 18.8 Å². The van der Waals surface area contributed by atoms with Gasteiger partial charge in [-0.05, 0) is 31.4 Å². The van der Waals surface area contributed by atoms with E-state index in [1.165, 1.54) is 0 Å². The summed E-state index contributed by atoms with van der Waals surface area (Å²) in [5.74, 6) is 1.08. The smallest absolute Gasteiger partial charge is 0.534 e. The van der Waals surface area contributed by atoms with Gasteiger partial charge in [-0.25, -0.2) is 0 Å². The molecule has 1 aromatic rings. The monoisotopic (exact) mass is 259 g/mol. The molecule has 2 aliphatic rings. The average molecular weight is 259 g/mol. The second-order valence-corrected chi connectivity index (χ2v) is 5.09. The van der Waals surface area contributed by atoms with Gasteiger partial charge < -0.3 is 19.4 Å². The summed E-state index contributed by atoms with van der Waals surface area (Å²) < 4.78 is 16.7. The topological polar surface area (TPSA) is 56.8 Å². The van der Waals surface area contributed by atoms with Crippen LogP contribution in [0.3, 0.4) is 0 Å². The lowest BCUT2D eigenvalue weighted by Gasteiger charge is -2.19. The van der Waals surface area contributed by atoms with E-state index < -0.39 is 12.7 Å². The molecule has 0 atom stereocenters. The van der Waals surface area contributed by atoms with Crippen molar-refractivity contribution in [3.63, 3.8) is 0 Å². The summed E-state index contributed by atoms with van der Waals surface area (Å²) in [6, 6.07) is 5.45. The molecule has 1 amide bonds. The van der Waals surface area contributed by atoms with Crippen LogP contribution in [-0.2, 0) is 14.1 Å². The molecule has 19 heavy (non-hydrogen) atoms. The Labute approximate surface area is 111 Å². The van der Waals surface area contributed by atoms with Crippen LogP contribution in [-0.4, -0.2) is 25.2 Å². The summed E-state index contributed by atoms with van der Waals surface area (Å²) in [7, 11) is -0.508. The molecule has 0 aliphatic carbocycles. The summed E-state index contributed by atoms with van der Waals surface area (Å²) >= 11 is 0. The Morgan fingerprint density at radius 1 is 1.42 bits per heavy atom. The molecule has 3 rings (SSSR count). The highest BCUT2D eigenvalue weighted by Crippen LogP contribution is 2.31. The lowest BCUT2D eigenvalue weighted by atomic mass is 9.79. The van der Waals surface area contributed by atoms with E-state index in [1.807, 2.05) is 19.9 Å². The first-order valence-corrected chi connectivity index (χ1v) is 6.06. The minimum absolute atomic E-state index is 0.0482. The van der Waals surface area contributed by atoms with E-state index in [0.717, 1.165) is 5.46 Å². The number of benzene rings is 1. The summed E-state index contributed by atoms with van der Waals surface area (Å²) in [6.45, 7) is 7.69. The summed E-state index contributed by atoms with van der Waals surface area (Å²) in [5.41, 5.74) is 0.938. The van der Waals surface area contributed by atoms with Gasteiger partial charge in [0.2, 0.25) is 0 Å². The van der Waals surface area contributed by atoms with Gasteiger partial charge in [-0.1, -0.05) is 12.6 Å². The maximum Gasteiger partial charge on any atom is 0.563 e. The van der Waals surface area contributed by atoms with Crippen LogP contribution < -0.4 is 15.5 Å². The molecule has 1 fully saturated rings. The number of hydrogen-bond acceptors (Lipinski definition) is 4. The van der Waals surface area contributed by atoms with Crippen LogP contribution in [0, 0.1) is 0 Å². The maximum absolute atomic E-state index is 11.3. The first kappa shape index (κ1) is 12.1. The third kappa shape index (κ3) is 2.08. The molecule has 0 aromatic heterocycles. The van der Waals surface area contributed by atoms with E-state index in [2.05, 4.69) is 11.9 Å². The van der Waals surface area contributed by atoms with Crippen LogP contribution in [0.5, 0.6) is 5.75 Å². The van der Waals surface area contributed by atoms with Gasteiger partial charge in [-0.2, -0.15) is 0 Å². The van der Waals surface area contributed by atoms with Crippen molar-refractivity contribution in [1.82, 2.24) is 0 Å².